The van der Waals surface area contributed by atoms with E-state index in [2.05, 4.69) is 10.3 Å². The van der Waals surface area contributed by atoms with Crippen LogP contribution in [-0.4, -0.2) is 14.9 Å². The molecule has 0 aliphatic heterocycles. The Kier molecular flexibility index (Phi) is 3.04. The molecule has 1 aromatic carbocycles. The Bertz CT molecular complexity index is 743. The molecule has 4 nitrogen and oxygen atoms in total. The van der Waals surface area contributed by atoms with Crippen LogP contribution < -0.4 is 0 Å². The molecule has 0 N–H and O–H groups in total. The highest BCUT2D eigenvalue weighted by Crippen LogP contribution is 2.32. The summed E-state index contributed by atoms with van der Waals surface area (Å²) in [4.78, 5) is 0. The molecule has 0 spiro atoms. The number of nitrogens with zero attached hydrogens (tertiary/aromatic N) is 3. The first kappa shape index (κ1) is 13.4. The van der Waals surface area contributed by atoms with Gasteiger partial charge in [-0.2, -0.15) is 18.3 Å². The number of benzene rings is 1. The third-order valence-electron chi connectivity index (χ3n) is 3.07. The van der Waals surface area contributed by atoms with Gasteiger partial charge in [0.2, 0.25) is 0 Å². The monoisotopic (exact) mass is 293 g/mol. The minimum Gasteiger partial charge on any atom is -0.356 e. The summed E-state index contributed by atoms with van der Waals surface area (Å²) >= 11 is 0. The summed E-state index contributed by atoms with van der Waals surface area (Å²) < 4.78 is 44.1. The van der Waals surface area contributed by atoms with Crippen molar-refractivity contribution in [2.75, 3.05) is 0 Å². The Morgan fingerprint density at radius 2 is 1.71 bits per heavy atom. The van der Waals surface area contributed by atoms with Gasteiger partial charge in [0.1, 0.15) is 5.69 Å². The van der Waals surface area contributed by atoms with Crippen molar-refractivity contribution in [3.8, 4) is 22.6 Å². The van der Waals surface area contributed by atoms with E-state index < -0.39 is 11.9 Å². The van der Waals surface area contributed by atoms with Gasteiger partial charge in [0, 0.05) is 24.2 Å². The van der Waals surface area contributed by atoms with Crippen LogP contribution in [0.25, 0.3) is 22.6 Å². The van der Waals surface area contributed by atoms with E-state index in [0.29, 0.717) is 11.3 Å². The maximum atomic E-state index is 12.7. The first-order chi connectivity index (χ1) is 9.95. The van der Waals surface area contributed by atoms with Crippen LogP contribution in [0.2, 0.25) is 0 Å². The predicted octanol–water partition coefficient (Wildman–Crippen LogP) is 3.76. The molecule has 108 valence electrons. The molecule has 0 atom stereocenters. The smallest absolute Gasteiger partial charge is 0.356 e. The van der Waals surface area contributed by atoms with E-state index in [-0.39, 0.29) is 5.69 Å². The van der Waals surface area contributed by atoms with E-state index in [0.717, 1.165) is 16.3 Å². The lowest BCUT2D eigenvalue weighted by Crippen LogP contribution is -2.11. The molecule has 0 bridgehead atoms. The quantitative estimate of drug-likeness (QED) is 0.722. The Balaban J connectivity index is 1.95. The Morgan fingerprint density at radius 1 is 1.05 bits per heavy atom. The van der Waals surface area contributed by atoms with E-state index in [9.17, 15) is 13.2 Å². The molecule has 0 aliphatic carbocycles. The fourth-order valence-corrected chi connectivity index (χ4v) is 2.04. The van der Waals surface area contributed by atoms with Gasteiger partial charge in [-0.15, -0.1) is 0 Å². The zero-order valence-corrected chi connectivity index (χ0v) is 10.9. The lowest BCUT2D eigenvalue weighted by Gasteiger charge is -2.04. The van der Waals surface area contributed by atoms with Gasteiger partial charge in [-0.3, -0.25) is 4.68 Å². The topological polar surface area (TPSA) is 43.9 Å². The summed E-state index contributed by atoms with van der Waals surface area (Å²) in [5, 5.41) is 7.51. The summed E-state index contributed by atoms with van der Waals surface area (Å²) in [5.41, 5.74) is 0.887. The van der Waals surface area contributed by atoms with Gasteiger partial charge in [0.05, 0.1) is 11.9 Å². The van der Waals surface area contributed by atoms with Crippen molar-refractivity contribution in [1.82, 2.24) is 14.9 Å². The van der Waals surface area contributed by atoms with Crippen molar-refractivity contribution in [3.05, 3.63) is 48.3 Å². The summed E-state index contributed by atoms with van der Waals surface area (Å²) in [7, 11) is 1.27. The number of rotatable bonds is 2. The molecule has 7 heteroatoms. The van der Waals surface area contributed by atoms with Crippen LogP contribution in [0.15, 0.2) is 47.1 Å². The van der Waals surface area contributed by atoms with Crippen molar-refractivity contribution in [1.29, 1.82) is 0 Å². The molecule has 21 heavy (non-hydrogen) atoms. The molecule has 0 amide bonds. The number of halogens is 3. The normalized spacial score (nSPS) is 11.8. The maximum Gasteiger partial charge on any atom is 0.433 e. The molecule has 2 aromatic heterocycles. The van der Waals surface area contributed by atoms with E-state index in [1.165, 1.54) is 13.2 Å². The molecular formula is C14H10F3N3O. The number of aryl methyl sites for hydroxylation is 1. The fourth-order valence-electron chi connectivity index (χ4n) is 2.04. The number of hydrogen-bond acceptors (Lipinski definition) is 3. The summed E-state index contributed by atoms with van der Waals surface area (Å²) in [6.07, 6.45) is -2.89. The van der Waals surface area contributed by atoms with Crippen LogP contribution in [-0.2, 0) is 13.2 Å². The van der Waals surface area contributed by atoms with Gasteiger partial charge in [0.15, 0.2) is 5.76 Å². The van der Waals surface area contributed by atoms with Crippen molar-refractivity contribution in [2.24, 2.45) is 7.05 Å². The first-order valence-electron chi connectivity index (χ1n) is 6.08. The van der Waals surface area contributed by atoms with Crippen LogP contribution in [0.1, 0.15) is 5.69 Å². The molecule has 2 heterocycles. The molecule has 0 fully saturated rings. The number of aromatic nitrogens is 3. The summed E-state index contributed by atoms with van der Waals surface area (Å²) in [5.74, 6) is 0.596. The Hall–Kier alpha value is -2.57. The molecule has 3 rings (SSSR count). The van der Waals surface area contributed by atoms with Crippen LogP contribution in [0.4, 0.5) is 13.2 Å². The van der Waals surface area contributed by atoms with Crippen LogP contribution in [0, 0.1) is 0 Å². The highest BCUT2D eigenvalue weighted by molar-refractivity contribution is 5.66. The number of hydrogen-bond donors (Lipinski definition) is 0. The molecule has 0 aliphatic rings. The lowest BCUT2D eigenvalue weighted by atomic mass is 10.1. The van der Waals surface area contributed by atoms with Gasteiger partial charge in [-0.25, -0.2) is 0 Å². The lowest BCUT2D eigenvalue weighted by molar-refractivity contribution is -0.143. The second kappa shape index (κ2) is 4.76. The predicted molar refractivity (Wildman–Crippen MR) is 69.1 cm³/mol. The minimum absolute atomic E-state index is 0.272. The third-order valence-corrected chi connectivity index (χ3v) is 3.07. The van der Waals surface area contributed by atoms with E-state index in [1.807, 2.05) is 0 Å². The van der Waals surface area contributed by atoms with Crippen molar-refractivity contribution in [2.45, 2.75) is 6.18 Å². The van der Waals surface area contributed by atoms with Crippen LogP contribution in [0.3, 0.4) is 0 Å². The maximum absolute atomic E-state index is 12.7. The fraction of sp³-hybridized carbons (Fsp3) is 0.143. The second-order valence-corrected chi connectivity index (χ2v) is 4.49. The third kappa shape index (κ3) is 2.54. The Morgan fingerprint density at radius 3 is 2.24 bits per heavy atom. The molecule has 0 unspecified atom stereocenters. The summed E-state index contributed by atoms with van der Waals surface area (Å²) in [6.45, 7) is 0. The highest BCUT2D eigenvalue weighted by atomic mass is 19.4. The zero-order valence-electron chi connectivity index (χ0n) is 10.9. The standard InChI is InChI=1S/C14H10F3N3O/c1-20-13(14(15,16)17)8-11(19-20)9-2-4-10(5-3-9)12-6-7-18-21-12/h2-8H,1H3. The van der Waals surface area contributed by atoms with E-state index in [1.54, 1.807) is 30.3 Å². The molecular weight excluding hydrogens is 283 g/mol. The van der Waals surface area contributed by atoms with E-state index >= 15 is 0 Å². The largest absolute Gasteiger partial charge is 0.433 e. The van der Waals surface area contributed by atoms with Gasteiger partial charge in [0.25, 0.3) is 0 Å². The second-order valence-electron chi connectivity index (χ2n) is 4.49. The summed E-state index contributed by atoms with van der Waals surface area (Å²) in [6, 6.07) is 9.62. The molecule has 0 saturated heterocycles. The highest BCUT2D eigenvalue weighted by Gasteiger charge is 2.35. The zero-order chi connectivity index (χ0) is 15.0. The van der Waals surface area contributed by atoms with Gasteiger partial charge >= 0.3 is 6.18 Å². The van der Waals surface area contributed by atoms with Crippen molar-refractivity contribution in [3.63, 3.8) is 0 Å². The van der Waals surface area contributed by atoms with Crippen LogP contribution >= 0.6 is 0 Å². The SMILES string of the molecule is Cn1nc(-c2ccc(-c3ccno3)cc2)cc1C(F)(F)F. The average Bonchev–Trinajstić information content (AvgIpc) is 3.07. The Labute approximate surface area is 117 Å². The number of alkyl halides is 3. The van der Waals surface area contributed by atoms with Crippen molar-refractivity contribution >= 4 is 0 Å². The average molecular weight is 293 g/mol. The minimum atomic E-state index is -4.42. The molecule has 0 radical (unpaired) electrons. The first-order valence-corrected chi connectivity index (χ1v) is 6.08. The van der Waals surface area contributed by atoms with Gasteiger partial charge in [-0.1, -0.05) is 29.4 Å². The van der Waals surface area contributed by atoms with E-state index in [4.69, 9.17) is 4.52 Å². The van der Waals surface area contributed by atoms with Crippen LogP contribution in [0.5, 0.6) is 0 Å². The van der Waals surface area contributed by atoms with Gasteiger partial charge < -0.3 is 4.52 Å². The van der Waals surface area contributed by atoms with Gasteiger partial charge in [-0.05, 0) is 6.07 Å². The molecule has 0 saturated carbocycles. The van der Waals surface area contributed by atoms with Crippen molar-refractivity contribution < 1.29 is 17.7 Å². The molecule has 3 aromatic rings.